The summed E-state index contributed by atoms with van der Waals surface area (Å²) in [6, 6.07) is 100. The number of rotatable bonds is 44. The summed E-state index contributed by atoms with van der Waals surface area (Å²) >= 11 is 0. The van der Waals surface area contributed by atoms with Crippen molar-refractivity contribution >= 4 is 68.2 Å². The zero-order chi connectivity index (χ0) is 92.0. The molecule has 4 heterocycles. The Hall–Kier alpha value is -10.5. The molecule has 4 aliphatic heterocycles. The molecule has 0 aromatic heterocycles. The first-order valence-corrected chi connectivity index (χ1v) is 51.3. The third-order valence-electron chi connectivity index (χ3n) is 28.6. The minimum Gasteiger partial charge on any atom is -0.346 e. The van der Waals surface area contributed by atoms with Gasteiger partial charge in [-0.3, -0.25) is 0 Å². The van der Waals surface area contributed by atoms with Crippen LogP contribution in [0.3, 0.4) is 0 Å². The first-order valence-electron chi connectivity index (χ1n) is 51.3. The normalized spacial score (nSPS) is 15.5. The SMILES string of the molecule is CCCCCCCCC1(CCCCCCCC)c2cc(N(c3cccc(C)c3)c3cccc(C4OCCO4)c3)ccc2-c2ccc(N(c3cccc(C)c3)c3cccc(C4OCCO4)c3)cc21.CCCCCCCCC1(CCCCCCCC)c2cc(N(c3cccc(C)c3)c3cccc(C4OCCO4)c3)ccc2-c2ccc(N(c3cccc(C)c3)c3cccc(C4OCCO4)c3)cc21. The number of unbranched alkanes of at least 4 members (excludes halogenated alkanes) is 20. The van der Waals surface area contributed by atoms with Crippen molar-refractivity contribution in [2.75, 3.05) is 72.5 Å². The van der Waals surface area contributed by atoms with Gasteiger partial charge in [-0.05, 0) is 266 Å². The van der Waals surface area contributed by atoms with Crippen LogP contribution in [0.15, 0.2) is 267 Å². The Morgan fingerprint density at radius 2 is 0.381 bits per heavy atom. The van der Waals surface area contributed by atoms with Crippen LogP contribution >= 0.6 is 0 Å². The molecule has 134 heavy (non-hydrogen) atoms. The Balaban J connectivity index is 0.000000187. The molecule has 18 rings (SSSR count). The van der Waals surface area contributed by atoms with E-state index in [-0.39, 0.29) is 36.0 Å². The lowest BCUT2D eigenvalue weighted by molar-refractivity contribution is -0.0442. The predicted octanol–water partition coefficient (Wildman–Crippen LogP) is 34.2. The van der Waals surface area contributed by atoms with Gasteiger partial charge in [-0.1, -0.05) is 303 Å². The van der Waals surface area contributed by atoms with Crippen molar-refractivity contribution in [1.29, 1.82) is 0 Å². The van der Waals surface area contributed by atoms with Gasteiger partial charge in [-0.15, -0.1) is 0 Å². The molecule has 0 atom stereocenters. The van der Waals surface area contributed by atoms with Crippen LogP contribution in [0, 0.1) is 27.7 Å². The molecule has 0 unspecified atom stereocenters. The van der Waals surface area contributed by atoms with E-state index in [9.17, 15) is 0 Å². The Morgan fingerprint density at radius 3 is 0.582 bits per heavy atom. The molecule has 6 aliphatic rings. The fourth-order valence-corrected chi connectivity index (χ4v) is 22.0. The summed E-state index contributed by atoms with van der Waals surface area (Å²) < 4.78 is 48.2. The van der Waals surface area contributed by atoms with E-state index >= 15 is 0 Å². The van der Waals surface area contributed by atoms with E-state index in [1.165, 1.54) is 244 Å². The van der Waals surface area contributed by atoms with Crippen molar-refractivity contribution in [3.05, 3.63) is 334 Å². The molecule has 0 N–H and O–H groups in total. The highest BCUT2D eigenvalue weighted by Gasteiger charge is 2.46. The highest BCUT2D eigenvalue weighted by molar-refractivity contribution is 5.91. The van der Waals surface area contributed by atoms with Crippen LogP contribution < -0.4 is 19.6 Å². The summed E-state index contributed by atoms with van der Waals surface area (Å²) in [7, 11) is 0. The minimum absolute atomic E-state index is 0.163. The predicted molar refractivity (Wildman–Crippen MR) is 554 cm³/mol. The fourth-order valence-electron chi connectivity index (χ4n) is 22.0. The van der Waals surface area contributed by atoms with Gasteiger partial charge in [-0.2, -0.15) is 0 Å². The summed E-state index contributed by atoms with van der Waals surface area (Å²) in [6.45, 7) is 22.9. The smallest absolute Gasteiger partial charge is 0.184 e. The van der Waals surface area contributed by atoms with Crippen LogP contribution in [0.5, 0.6) is 0 Å². The number of aryl methyl sites for hydroxylation is 4. The van der Waals surface area contributed by atoms with E-state index in [0.717, 1.165) is 93.4 Å². The standard InChI is InChI=1S/2C61H72N2O4/c2*1-5-7-9-11-13-15-33-61(34-16-14-12-10-8-6-2)57-43-53(62(49-25-17-21-45(3)39-49)51-27-19-23-47(41-51)59-64-35-36-65-59)29-31-55(57)56-32-30-54(44-58(56)61)63(50-26-18-22-46(4)40-50)52-28-20-24-48(42-52)60-66-37-38-67-60/h2*17-32,39-44,59-60H,5-16,33-38H2,1-4H3. The van der Waals surface area contributed by atoms with Crippen LogP contribution in [0.2, 0.25) is 0 Å². The number of benzene rings is 12. The van der Waals surface area contributed by atoms with Gasteiger partial charge >= 0.3 is 0 Å². The molecule has 12 nitrogen and oxygen atoms in total. The Bertz CT molecular complexity index is 5110. The number of fused-ring (bicyclic) bond motifs is 6. The van der Waals surface area contributed by atoms with E-state index in [2.05, 4.69) is 342 Å². The highest BCUT2D eigenvalue weighted by Crippen LogP contribution is 2.60. The molecule has 0 amide bonds. The summed E-state index contributed by atoms with van der Waals surface area (Å²) in [5, 5.41) is 0. The van der Waals surface area contributed by atoms with Crippen molar-refractivity contribution in [2.24, 2.45) is 0 Å². The molecule has 12 aromatic carbocycles. The molecular weight excluding hydrogens is 1650 g/mol. The highest BCUT2D eigenvalue weighted by atomic mass is 16.7. The molecule has 0 saturated carbocycles. The third kappa shape index (κ3) is 22.3. The first kappa shape index (κ1) is 95.3. The average molecular weight is 1790 g/mol. The van der Waals surface area contributed by atoms with E-state index in [1.54, 1.807) is 0 Å². The van der Waals surface area contributed by atoms with Gasteiger partial charge in [0.15, 0.2) is 25.2 Å². The second-order valence-corrected chi connectivity index (χ2v) is 38.5. The molecular formula is C122H144N4O8. The summed E-state index contributed by atoms with van der Waals surface area (Å²) in [5.41, 5.74) is 33.8. The maximum Gasteiger partial charge on any atom is 0.184 e. The average Bonchev–Trinajstić information content (AvgIpc) is 1.56. The number of anilines is 12. The van der Waals surface area contributed by atoms with Crippen LogP contribution in [-0.2, 0) is 48.7 Å². The molecule has 4 saturated heterocycles. The topological polar surface area (TPSA) is 86.8 Å². The quantitative estimate of drug-likeness (QED) is 0.0341. The monoisotopic (exact) mass is 1790 g/mol. The van der Waals surface area contributed by atoms with E-state index < -0.39 is 0 Å². The second kappa shape index (κ2) is 46.4. The van der Waals surface area contributed by atoms with E-state index in [1.807, 2.05) is 0 Å². The lowest BCUT2D eigenvalue weighted by atomic mass is 9.70. The Kier molecular flexibility index (Phi) is 33.0. The fraction of sp³-hybridized carbons (Fsp3) is 0.410. The lowest BCUT2D eigenvalue weighted by Crippen LogP contribution is -2.26. The van der Waals surface area contributed by atoms with Crippen LogP contribution in [-0.4, -0.2) is 52.9 Å². The maximum atomic E-state index is 6.03. The minimum atomic E-state index is -0.350. The van der Waals surface area contributed by atoms with Crippen molar-refractivity contribution in [3.8, 4) is 22.3 Å². The number of ether oxygens (including phenoxy) is 8. The van der Waals surface area contributed by atoms with Gasteiger partial charge in [0.1, 0.15) is 0 Å². The largest absolute Gasteiger partial charge is 0.346 e. The second-order valence-electron chi connectivity index (χ2n) is 38.5. The summed E-state index contributed by atoms with van der Waals surface area (Å²) in [6.07, 6.45) is 33.6. The van der Waals surface area contributed by atoms with Crippen molar-refractivity contribution in [1.82, 2.24) is 0 Å². The van der Waals surface area contributed by atoms with Gasteiger partial charge in [0.2, 0.25) is 0 Å². The van der Waals surface area contributed by atoms with Crippen LogP contribution in [0.1, 0.15) is 299 Å². The maximum absolute atomic E-state index is 6.03. The van der Waals surface area contributed by atoms with Gasteiger partial charge in [-0.25, -0.2) is 0 Å². The van der Waals surface area contributed by atoms with Crippen LogP contribution in [0.25, 0.3) is 22.3 Å². The van der Waals surface area contributed by atoms with Gasteiger partial charge in [0.05, 0.1) is 52.9 Å². The summed E-state index contributed by atoms with van der Waals surface area (Å²) in [5.74, 6) is 0. The van der Waals surface area contributed by atoms with Crippen LogP contribution in [0.4, 0.5) is 68.2 Å². The summed E-state index contributed by atoms with van der Waals surface area (Å²) in [4.78, 5) is 9.80. The Labute approximate surface area is 800 Å². The number of nitrogens with zero attached hydrogens (tertiary/aromatic N) is 4. The van der Waals surface area contributed by atoms with E-state index in [4.69, 9.17) is 37.9 Å². The molecule has 0 bridgehead atoms. The molecule has 12 aromatic rings. The first-order chi connectivity index (χ1) is 65.9. The molecule has 4 fully saturated rings. The lowest BCUT2D eigenvalue weighted by Gasteiger charge is -2.35. The molecule has 700 valence electrons. The van der Waals surface area contributed by atoms with Gasteiger partial charge in [0.25, 0.3) is 0 Å². The van der Waals surface area contributed by atoms with Gasteiger partial charge in [0, 0.05) is 101 Å². The number of hydrogen-bond acceptors (Lipinski definition) is 12. The molecule has 0 spiro atoms. The molecule has 12 heteroatoms. The molecule has 2 aliphatic carbocycles. The van der Waals surface area contributed by atoms with Crippen molar-refractivity contribution in [3.63, 3.8) is 0 Å². The zero-order valence-electron chi connectivity index (χ0n) is 81.2. The van der Waals surface area contributed by atoms with Crippen molar-refractivity contribution in [2.45, 2.75) is 271 Å². The Morgan fingerprint density at radius 1 is 0.201 bits per heavy atom. The van der Waals surface area contributed by atoms with E-state index in [0.29, 0.717) is 52.9 Å². The molecule has 0 radical (unpaired) electrons. The van der Waals surface area contributed by atoms with Crippen molar-refractivity contribution < 1.29 is 37.9 Å². The zero-order valence-corrected chi connectivity index (χ0v) is 81.2. The number of hydrogen-bond donors (Lipinski definition) is 0. The third-order valence-corrected chi connectivity index (χ3v) is 28.6. The van der Waals surface area contributed by atoms with Gasteiger partial charge < -0.3 is 57.5 Å².